The molecule has 3 N–H and O–H groups in total. The minimum atomic E-state index is -0.450. The number of halogens is 1. The van der Waals surface area contributed by atoms with Gasteiger partial charge in [0.1, 0.15) is 0 Å². The Bertz CT molecular complexity index is 476. The maximum absolute atomic E-state index is 11.7. The standard InChI is InChI=1S/C11H12N2O.ClH/c1-7(12)11(14)9-6-13-10-5-3-2-4-8(9)10;/h2-7,13H,12H2,1H3;1H/t7-;/m0./s1. The van der Waals surface area contributed by atoms with Crippen LogP contribution < -0.4 is 5.73 Å². The van der Waals surface area contributed by atoms with Crippen molar-refractivity contribution in [1.29, 1.82) is 0 Å². The average molecular weight is 225 g/mol. The number of nitrogens with one attached hydrogen (secondary N) is 1. The van der Waals surface area contributed by atoms with E-state index in [1.165, 1.54) is 0 Å². The number of benzene rings is 1. The Kier molecular flexibility index (Phi) is 3.50. The number of Topliss-reactive ketones (excluding diaryl/α,β-unsaturated/α-hetero) is 1. The molecule has 0 aliphatic rings. The van der Waals surface area contributed by atoms with Crippen molar-refractivity contribution in [3.05, 3.63) is 36.0 Å². The van der Waals surface area contributed by atoms with E-state index >= 15 is 0 Å². The highest BCUT2D eigenvalue weighted by Crippen LogP contribution is 2.18. The molecule has 2 rings (SSSR count). The molecule has 1 heterocycles. The number of hydrogen-bond acceptors (Lipinski definition) is 2. The number of aromatic amines is 1. The van der Waals surface area contributed by atoms with Crippen molar-refractivity contribution >= 4 is 29.1 Å². The predicted octanol–water partition coefficient (Wildman–Crippen LogP) is 2.12. The molecule has 0 aliphatic heterocycles. The minimum absolute atomic E-state index is 0. The largest absolute Gasteiger partial charge is 0.360 e. The van der Waals surface area contributed by atoms with Gasteiger partial charge in [-0.3, -0.25) is 4.79 Å². The maximum Gasteiger partial charge on any atom is 0.181 e. The quantitative estimate of drug-likeness (QED) is 0.768. The molecule has 2 aromatic rings. The molecule has 1 aromatic carbocycles. The van der Waals surface area contributed by atoms with E-state index in [1.807, 2.05) is 24.3 Å². The Morgan fingerprint density at radius 2 is 2.07 bits per heavy atom. The van der Waals surface area contributed by atoms with Gasteiger partial charge in [-0.15, -0.1) is 12.4 Å². The van der Waals surface area contributed by atoms with Crippen LogP contribution in [0.1, 0.15) is 17.3 Å². The van der Waals surface area contributed by atoms with Crippen LogP contribution in [-0.2, 0) is 0 Å². The smallest absolute Gasteiger partial charge is 0.181 e. The minimum Gasteiger partial charge on any atom is -0.360 e. The normalized spacial score (nSPS) is 12.1. The Hall–Kier alpha value is -1.32. The van der Waals surface area contributed by atoms with Gasteiger partial charge in [-0.05, 0) is 13.0 Å². The Morgan fingerprint density at radius 1 is 1.40 bits per heavy atom. The van der Waals surface area contributed by atoms with Gasteiger partial charge in [0.25, 0.3) is 0 Å². The molecule has 4 heteroatoms. The van der Waals surface area contributed by atoms with Crippen LogP contribution in [0.25, 0.3) is 10.9 Å². The van der Waals surface area contributed by atoms with Crippen molar-refractivity contribution in [1.82, 2.24) is 4.98 Å². The molecule has 80 valence electrons. The SMILES string of the molecule is C[C@H](N)C(=O)c1c[nH]c2ccccc12.Cl. The molecule has 0 aliphatic carbocycles. The second-order valence-electron chi connectivity index (χ2n) is 3.40. The van der Waals surface area contributed by atoms with Crippen LogP contribution in [0.2, 0.25) is 0 Å². The van der Waals surface area contributed by atoms with Crippen molar-refractivity contribution in [2.75, 3.05) is 0 Å². The predicted molar refractivity (Wildman–Crippen MR) is 63.5 cm³/mol. The highest BCUT2D eigenvalue weighted by Gasteiger charge is 2.14. The number of nitrogens with two attached hydrogens (primary N) is 1. The Morgan fingerprint density at radius 3 is 2.73 bits per heavy atom. The molecule has 1 aromatic heterocycles. The number of rotatable bonds is 2. The first-order valence-electron chi connectivity index (χ1n) is 4.56. The second kappa shape index (κ2) is 4.47. The molecule has 0 saturated heterocycles. The first-order valence-corrected chi connectivity index (χ1v) is 4.56. The van der Waals surface area contributed by atoms with Crippen molar-refractivity contribution in [2.45, 2.75) is 13.0 Å². The van der Waals surface area contributed by atoms with E-state index in [2.05, 4.69) is 4.98 Å². The van der Waals surface area contributed by atoms with E-state index in [9.17, 15) is 4.79 Å². The van der Waals surface area contributed by atoms with Gasteiger partial charge >= 0.3 is 0 Å². The molecule has 0 spiro atoms. The molecule has 0 saturated carbocycles. The summed E-state index contributed by atoms with van der Waals surface area (Å²) in [5.74, 6) is -0.0255. The highest BCUT2D eigenvalue weighted by molar-refractivity contribution is 6.10. The van der Waals surface area contributed by atoms with Crippen LogP contribution in [0.5, 0.6) is 0 Å². The lowest BCUT2D eigenvalue weighted by Gasteiger charge is -2.01. The maximum atomic E-state index is 11.7. The summed E-state index contributed by atoms with van der Waals surface area (Å²) in [5.41, 5.74) is 7.20. The van der Waals surface area contributed by atoms with Crippen molar-refractivity contribution in [3.8, 4) is 0 Å². The zero-order chi connectivity index (χ0) is 10.1. The number of carbonyl (C=O) groups is 1. The fourth-order valence-corrected chi connectivity index (χ4v) is 1.52. The fourth-order valence-electron chi connectivity index (χ4n) is 1.52. The van der Waals surface area contributed by atoms with Crippen LogP contribution in [0.3, 0.4) is 0 Å². The number of carbonyl (C=O) groups excluding carboxylic acids is 1. The van der Waals surface area contributed by atoms with Crippen LogP contribution in [-0.4, -0.2) is 16.8 Å². The molecular formula is C11H13ClN2O. The van der Waals surface area contributed by atoms with Gasteiger partial charge in [0.15, 0.2) is 5.78 Å². The monoisotopic (exact) mass is 224 g/mol. The first kappa shape index (κ1) is 11.8. The molecule has 15 heavy (non-hydrogen) atoms. The number of para-hydroxylation sites is 1. The van der Waals surface area contributed by atoms with E-state index in [1.54, 1.807) is 13.1 Å². The van der Waals surface area contributed by atoms with Crippen LogP contribution in [0.4, 0.5) is 0 Å². The van der Waals surface area contributed by atoms with Crippen molar-refractivity contribution < 1.29 is 4.79 Å². The highest BCUT2D eigenvalue weighted by atomic mass is 35.5. The third-order valence-electron chi connectivity index (χ3n) is 2.27. The lowest BCUT2D eigenvalue weighted by atomic mass is 10.1. The number of H-pyrrole nitrogens is 1. The zero-order valence-electron chi connectivity index (χ0n) is 8.36. The van der Waals surface area contributed by atoms with Gasteiger partial charge in [-0.25, -0.2) is 0 Å². The zero-order valence-corrected chi connectivity index (χ0v) is 9.17. The lowest BCUT2D eigenvalue weighted by molar-refractivity contribution is 0.0969. The van der Waals surface area contributed by atoms with Gasteiger partial charge in [0.2, 0.25) is 0 Å². The summed E-state index contributed by atoms with van der Waals surface area (Å²) >= 11 is 0. The second-order valence-corrected chi connectivity index (χ2v) is 3.40. The van der Waals surface area contributed by atoms with Crippen molar-refractivity contribution in [3.63, 3.8) is 0 Å². The summed E-state index contributed by atoms with van der Waals surface area (Å²) in [5, 5.41) is 0.940. The van der Waals surface area contributed by atoms with E-state index in [-0.39, 0.29) is 18.2 Å². The number of ketones is 1. The Labute approximate surface area is 94.1 Å². The van der Waals surface area contributed by atoms with Gasteiger partial charge in [0.05, 0.1) is 6.04 Å². The van der Waals surface area contributed by atoms with Crippen LogP contribution >= 0.6 is 12.4 Å². The summed E-state index contributed by atoms with van der Waals surface area (Å²) in [6.45, 7) is 1.70. The first-order chi connectivity index (χ1) is 6.70. The molecule has 3 nitrogen and oxygen atoms in total. The van der Waals surface area contributed by atoms with Gasteiger partial charge < -0.3 is 10.7 Å². The molecule has 0 amide bonds. The summed E-state index contributed by atoms with van der Waals surface area (Å²) in [6, 6.07) is 7.25. The van der Waals surface area contributed by atoms with E-state index in [4.69, 9.17) is 5.73 Å². The van der Waals surface area contributed by atoms with Gasteiger partial charge in [-0.1, -0.05) is 18.2 Å². The van der Waals surface area contributed by atoms with E-state index in [0.29, 0.717) is 5.56 Å². The number of fused-ring (bicyclic) bond motifs is 1. The van der Waals surface area contributed by atoms with Crippen molar-refractivity contribution in [2.24, 2.45) is 5.73 Å². The molecule has 0 bridgehead atoms. The van der Waals surface area contributed by atoms with E-state index < -0.39 is 6.04 Å². The van der Waals surface area contributed by atoms with Crippen LogP contribution in [0.15, 0.2) is 30.5 Å². The third-order valence-corrected chi connectivity index (χ3v) is 2.27. The fraction of sp³-hybridized carbons (Fsp3) is 0.182. The molecular weight excluding hydrogens is 212 g/mol. The molecule has 0 unspecified atom stereocenters. The van der Waals surface area contributed by atoms with E-state index in [0.717, 1.165) is 10.9 Å². The lowest BCUT2D eigenvalue weighted by Crippen LogP contribution is -2.26. The van der Waals surface area contributed by atoms with Gasteiger partial charge in [0, 0.05) is 22.7 Å². The third kappa shape index (κ3) is 2.03. The van der Waals surface area contributed by atoms with Gasteiger partial charge in [-0.2, -0.15) is 0 Å². The molecule has 0 radical (unpaired) electrons. The molecule has 0 fully saturated rings. The number of aromatic nitrogens is 1. The van der Waals surface area contributed by atoms with Crippen LogP contribution in [0, 0.1) is 0 Å². The summed E-state index contributed by atoms with van der Waals surface area (Å²) in [4.78, 5) is 14.7. The summed E-state index contributed by atoms with van der Waals surface area (Å²) in [6.07, 6.45) is 1.72. The summed E-state index contributed by atoms with van der Waals surface area (Å²) in [7, 11) is 0. The summed E-state index contributed by atoms with van der Waals surface area (Å²) < 4.78 is 0. The average Bonchev–Trinajstić information content (AvgIpc) is 2.60. The molecule has 1 atom stereocenters. The topological polar surface area (TPSA) is 58.9 Å². The Balaban J connectivity index is 0.00000112. The number of hydrogen-bond donors (Lipinski definition) is 2.